The fourth-order valence-electron chi connectivity index (χ4n) is 2.63. The summed E-state index contributed by atoms with van der Waals surface area (Å²) in [5.74, 6) is -0.591. The zero-order valence-electron chi connectivity index (χ0n) is 11.7. The van der Waals surface area contributed by atoms with Crippen molar-refractivity contribution >= 4 is 11.6 Å². The Hall–Kier alpha value is -1.62. The van der Waals surface area contributed by atoms with E-state index in [2.05, 4.69) is 5.32 Å². The van der Waals surface area contributed by atoms with Crippen molar-refractivity contribution in [1.29, 1.82) is 0 Å². The van der Waals surface area contributed by atoms with E-state index in [9.17, 15) is 9.18 Å². The number of hydrogen-bond acceptors (Lipinski definition) is 3. The molecule has 0 saturated heterocycles. The Morgan fingerprint density at radius 2 is 2.10 bits per heavy atom. The van der Waals surface area contributed by atoms with Gasteiger partial charge in [0.1, 0.15) is 0 Å². The fourth-order valence-corrected chi connectivity index (χ4v) is 2.63. The number of hydrogen-bond donors (Lipinski definition) is 2. The molecule has 0 heterocycles. The summed E-state index contributed by atoms with van der Waals surface area (Å²) in [4.78, 5) is 12.3. The molecule has 1 aliphatic carbocycles. The molecule has 4 nitrogen and oxygen atoms in total. The first-order valence-corrected chi connectivity index (χ1v) is 7.02. The van der Waals surface area contributed by atoms with E-state index in [0.717, 1.165) is 32.1 Å². The summed E-state index contributed by atoms with van der Waals surface area (Å²) >= 11 is 0. The number of anilines is 1. The number of nitrogens with one attached hydrogen (secondary N) is 1. The van der Waals surface area contributed by atoms with Gasteiger partial charge in [-0.1, -0.05) is 19.3 Å². The van der Waals surface area contributed by atoms with Crippen molar-refractivity contribution in [2.24, 2.45) is 11.7 Å². The Morgan fingerprint density at radius 3 is 2.85 bits per heavy atom. The molecule has 20 heavy (non-hydrogen) atoms. The van der Waals surface area contributed by atoms with Gasteiger partial charge >= 0.3 is 0 Å². The first kappa shape index (κ1) is 14.8. The first-order valence-electron chi connectivity index (χ1n) is 7.02. The quantitative estimate of drug-likeness (QED) is 0.837. The van der Waals surface area contributed by atoms with Crippen molar-refractivity contribution in [3.63, 3.8) is 0 Å². The van der Waals surface area contributed by atoms with Gasteiger partial charge in [-0.25, -0.2) is 4.39 Å². The number of benzene rings is 1. The summed E-state index contributed by atoms with van der Waals surface area (Å²) in [6.45, 7) is 0. The maximum absolute atomic E-state index is 13.3. The average Bonchev–Trinajstić information content (AvgIpc) is 2.65. The molecular formula is C15H21FN2O2. The summed E-state index contributed by atoms with van der Waals surface area (Å²) in [7, 11) is 1.39. The zero-order valence-corrected chi connectivity index (χ0v) is 11.7. The maximum Gasteiger partial charge on any atom is 0.229 e. The molecule has 2 unspecified atom stereocenters. The number of carbonyl (C=O) groups is 1. The summed E-state index contributed by atoms with van der Waals surface area (Å²) in [6, 6.07) is 4.19. The highest BCUT2D eigenvalue weighted by molar-refractivity contribution is 5.93. The second kappa shape index (κ2) is 6.70. The third-order valence-electron chi connectivity index (χ3n) is 3.82. The van der Waals surface area contributed by atoms with Crippen molar-refractivity contribution < 1.29 is 13.9 Å². The molecule has 0 radical (unpaired) electrons. The highest BCUT2D eigenvalue weighted by atomic mass is 19.1. The van der Waals surface area contributed by atoms with Crippen LogP contribution in [0.15, 0.2) is 18.2 Å². The van der Waals surface area contributed by atoms with E-state index < -0.39 is 5.82 Å². The number of ether oxygens (including phenoxy) is 1. The number of halogens is 1. The normalized spacial score (nSPS) is 22.9. The summed E-state index contributed by atoms with van der Waals surface area (Å²) in [6.07, 6.45) is 4.92. The Labute approximate surface area is 118 Å². The number of rotatable bonds is 3. The van der Waals surface area contributed by atoms with E-state index in [-0.39, 0.29) is 23.6 Å². The van der Waals surface area contributed by atoms with Crippen LogP contribution in [-0.4, -0.2) is 19.1 Å². The van der Waals surface area contributed by atoms with Gasteiger partial charge in [-0.15, -0.1) is 0 Å². The van der Waals surface area contributed by atoms with Gasteiger partial charge in [0.05, 0.1) is 13.0 Å². The molecule has 5 heteroatoms. The predicted octanol–water partition coefficient (Wildman–Crippen LogP) is 2.68. The lowest BCUT2D eigenvalue weighted by molar-refractivity contribution is -0.120. The molecule has 0 spiro atoms. The lowest BCUT2D eigenvalue weighted by Gasteiger charge is -2.20. The van der Waals surface area contributed by atoms with Crippen molar-refractivity contribution in [3.05, 3.63) is 24.0 Å². The van der Waals surface area contributed by atoms with Gasteiger partial charge < -0.3 is 15.8 Å². The molecule has 2 rings (SSSR count). The van der Waals surface area contributed by atoms with Crippen LogP contribution in [0.1, 0.15) is 32.1 Å². The van der Waals surface area contributed by atoms with E-state index in [4.69, 9.17) is 10.5 Å². The third kappa shape index (κ3) is 3.48. The van der Waals surface area contributed by atoms with Gasteiger partial charge in [-0.2, -0.15) is 0 Å². The van der Waals surface area contributed by atoms with Crippen molar-refractivity contribution in [3.8, 4) is 5.75 Å². The lowest BCUT2D eigenvalue weighted by atomic mass is 9.94. The topological polar surface area (TPSA) is 64.3 Å². The van der Waals surface area contributed by atoms with Gasteiger partial charge in [-0.05, 0) is 25.0 Å². The van der Waals surface area contributed by atoms with Crippen LogP contribution in [-0.2, 0) is 4.79 Å². The number of amides is 1. The summed E-state index contributed by atoms with van der Waals surface area (Å²) in [5.41, 5.74) is 6.60. The minimum Gasteiger partial charge on any atom is -0.494 e. The minimum absolute atomic E-state index is 0.0898. The summed E-state index contributed by atoms with van der Waals surface area (Å²) in [5, 5.41) is 2.81. The van der Waals surface area contributed by atoms with Gasteiger partial charge in [0.2, 0.25) is 5.91 Å². The van der Waals surface area contributed by atoms with Gasteiger partial charge in [0.25, 0.3) is 0 Å². The molecule has 1 saturated carbocycles. The molecular weight excluding hydrogens is 259 g/mol. The van der Waals surface area contributed by atoms with E-state index in [1.807, 2.05) is 0 Å². The van der Waals surface area contributed by atoms with E-state index in [0.29, 0.717) is 5.69 Å². The molecule has 1 aromatic carbocycles. The lowest BCUT2D eigenvalue weighted by Crippen LogP contribution is -2.37. The molecule has 0 aromatic heterocycles. The van der Waals surface area contributed by atoms with Gasteiger partial charge in [0, 0.05) is 17.8 Å². The highest BCUT2D eigenvalue weighted by Crippen LogP contribution is 2.25. The molecule has 2 atom stereocenters. The minimum atomic E-state index is -0.448. The first-order chi connectivity index (χ1) is 9.61. The average molecular weight is 280 g/mol. The Bertz CT molecular complexity index is 479. The Kier molecular flexibility index (Phi) is 4.95. The Balaban J connectivity index is 2.06. The van der Waals surface area contributed by atoms with Crippen LogP contribution >= 0.6 is 0 Å². The number of nitrogens with two attached hydrogens (primary N) is 1. The van der Waals surface area contributed by atoms with Crippen molar-refractivity contribution in [2.75, 3.05) is 12.4 Å². The smallest absolute Gasteiger partial charge is 0.229 e. The van der Waals surface area contributed by atoms with Crippen LogP contribution in [0.3, 0.4) is 0 Å². The standard InChI is InChI=1S/C15H21FN2O2/c1-20-14-9-10(7-8-12(14)16)18-15(19)11-5-3-2-4-6-13(11)17/h7-9,11,13H,2-6,17H2,1H3,(H,18,19). The molecule has 1 fully saturated rings. The van der Waals surface area contributed by atoms with Crippen LogP contribution in [0.5, 0.6) is 5.75 Å². The molecule has 0 aliphatic heterocycles. The van der Waals surface area contributed by atoms with E-state index >= 15 is 0 Å². The Morgan fingerprint density at radius 1 is 1.35 bits per heavy atom. The fraction of sp³-hybridized carbons (Fsp3) is 0.533. The number of carbonyl (C=O) groups excluding carboxylic acids is 1. The highest BCUT2D eigenvalue weighted by Gasteiger charge is 2.27. The predicted molar refractivity (Wildman–Crippen MR) is 76.1 cm³/mol. The van der Waals surface area contributed by atoms with Crippen LogP contribution < -0.4 is 15.8 Å². The second-order valence-electron chi connectivity index (χ2n) is 5.25. The van der Waals surface area contributed by atoms with E-state index in [1.54, 1.807) is 0 Å². The molecule has 3 N–H and O–H groups in total. The molecule has 1 aromatic rings. The van der Waals surface area contributed by atoms with Crippen molar-refractivity contribution in [2.45, 2.75) is 38.1 Å². The molecule has 0 bridgehead atoms. The van der Waals surface area contributed by atoms with Crippen LogP contribution in [0.2, 0.25) is 0 Å². The largest absolute Gasteiger partial charge is 0.494 e. The number of methoxy groups -OCH3 is 1. The van der Waals surface area contributed by atoms with E-state index in [1.165, 1.54) is 25.3 Å². The second-order valence-corrected chi connectivity index (χ2v) is 5.25. The van der Waals surface area contributed by atoms with Crippen LogP contribution in [0, 0.1) is 11.7 Å². The monoisotopic (exact) mass is 280 g/mol. The summed E-state index contributed by atoms with van der Waals surface area (Å²) < 4.78 is 18.2. The van der Waals surface area contributed by atoms with Gasteiger partial charge in [-0.3, -0.25) is 4.79 Å². The van der Waals surface area contributed by atoms with Crippen LogP contribution in [0.25, 0.3) is 0 Å². The SMILES string of the molecule is COc1cc(NC(=O)C2CCCCCC2N)ccc1F. The zero-order chi connectivity index (χ0) is 14.5. The van der Waals surface area contributed by atoms with Gasteiger partial charge in [0.15, 0.2) is 11.6 Å². The molecule has 1 amide bonds. The maximum atomic E-state index is 13.3. The van der Waals surface area contributed by atoms with Crippen molar-refractivity contribution in [1.82, 2.24) is 0 Å². The third-order valence-corrected chi connectivity index (χ3v) is 3.82. The van der Waals surface area contributed by atoms with Crippen LogP contribution in [0.4, 0.5) is 10.1 Å². The molecule has 110 valence electrons. The molecule has 1 aliphatic rings.